The zero-order valence-corrected chi connectivity index (χ0v) is 16.2. The Morgan fingerprint density at radius 2 is 2.00 bits per heavy atom. The van der Waals surface area contributed by atoms with E-state index in [4.69, 9.17) is 9.47 Å². The number of hydrogen-bond acceptors (Lipinski definition) is 4. The van der Waals surface area contributed by atoms with Crippen LogP contribution < -0.4 is 4.74 Å². The van der Waals surface area contributed by atoms with Gasteiger partial charge in [-0.3, -0.25) is 9.59 Å². The average molecular weight is 383 g/mol. The quantitative estimate of drug-likeness (QED) is 0.879. The van der Waals surface area contributed by atoms with Gasteiger partial charge >= 0.3 is 5.97 Å². The summed E-state index contributed by atoms with van der Waals surface area (Å²) in [7, 11) is 1.64. The summed E-state index contributed by atoms with van der Waals surface area (Å²) < 4.78 is 10.7. The molecule has 2 aromatic carbocycles. The van der Waals surface area contributed by atoms with Gasteiger partial charge < -0.3 is 19.5 Å². The summed E-state index contributed by atoms with van der Waals surface area (Å²) in [5.74, 6) is -0.520. The van der Waals surface area contributed by atoms with Crippen molar-refractivity contribution in [2.75, 3.05) is 33.4 Å². The molecule has 0 aliphatic carbocycles. The molecule has 0 aromatic heterocycles. The van der Waals surface area contributed by atoms with E-state index < -0.39 is 11.4 Å². The highest BCUT2D eigenvalue weighted by Gasteiger charge is 2.55. The maximum absolute atomic E-state index is 13.2. The lowest BCUT2D eigenvalue weighted by molar-refractivity contribution is -0.157. The fraction of sp³-hybridized carbons (Fsp3) is 0.455. The molecule has 0 radical (unpaired) electrons. The van der Waals surface area contributed by atoms with E-state index in [9.17, 15) is 14.7 Å². The van der Waals surface area contributed by atoms with Crippen LogP contribution in [0.1, 0.15) is 24.8 Å². The molecular weight excluding hydrogens is 358 g/mol. The lowest BCUT2D eigenvalue weighted by Gasteiger charge is -2.33. The molecule has 1 N–H and O–H groups in total. The maximum Gasteiger partial charge on any atom is 0.311 e. The van der Waals surface area contributed by atoms with Crippen LogP contribution in [0.3, 0.4) is 0 Å². The molecule has 2 saturated heterocycles. The number of likely N-dealkylation sites (tertiary alicyclic amines) is 1. The van der Waals surface area contributed by atoms with Crippen LogP contribution in [0, 0.1) is 11.3 Å². The van der Waals surface area contributed by atoms with Crippen molar-refractivity contribution < 1.29 is 24.2 Å². The first-order valence-corrected chi connectivity index (χ1v) is 9.62. The Morgan fingerprint density at radius 3 is 2.71 bits per heavy atom. The van der Waals surface area contributed by atoms with E-state index in [1.807, 2.05) is 43.3 Å². The van der Waals surface area contributed by atoms with Crippen molar-refractivity contribution in [3.05, 3.63) is 42.0 Å². The second-order valence-electron chi connectivity index (χ2n) is 7.90. The van der Waals surface area contributed by atoms with Crippen molar-refractivity contribution >= 4 is 22.6 Å². The molecule has 4 rings (SSSR count). The highest BCUT2D eigenvalue weighted by molar-refractivity contribution is 5.89. The summed E-state index contributed by atoms with van der Waals surface area (Å²) in [4.78, 5) is 26.8. The van der Waals surface area contributed by atoms with Gasteiger partial charge in [-0.05, 0) is 41.8 Å². The average Bonchev–Trinajstić information content (AvgIpc) is 3.13. The molecule has 1 amide bonds. The molecule has 28 heavy (non-hydrogen) atoms. The number of carboxylic acids is 1. The third-order valence-electron chi connectivity index (χ3n) is 6.39. The first-order valence-electron chi connectivity index (χ1n) is 9.62. The monoisotopic (exact) mass is 383 g/mol. The Labute approximate surface area is 164 Å². The summed E-state index contributed by atoms with van der Waals surface area (Å²) in [5, 5.41) is 11.9. The third kappa shape index (κ3) is 3.02. The molecule has 2 aliphatic heterocycles. The molecule has 148 valence electrons. The van der Waals surface area contributed by atoms with E-state index >= 15 is 0 Å². The number of benzene rings is 2. The minimum atomic E-state index is -0.867. The van der Waals surface area contributed by atoms with Crippen LogP contribution in [-0.4, -0.2) is 55.3 Å². The van der Waals surface area contributed by atoms with Gasteiger partial charge in [-0.25, -0.2) is 0 Å². The maximum atomic E-state index is 13.2. The van der Waals surface area contributed by atoms with E-state index in [-0.39, 0.29) is 24.3 Å². The second-order valence-corrected chi connectivity index (χ2v) is 7.90. The summed E-state index contributed by atoms with van der Waals surface area (Å²) >= 11 is 0. The van der Waals surface area contributed by atoms with Crippen molar-refractivity contribution in [1.82, 2.24) is 4.90 Å². The Balaban J connectivity index is 1.56. The van der Waals surface area contributed by atoms with Crippen LogP contribution in [0.15, 0.2) is 36.4 Å². The summed E-state index contributed by atoms with van der Waals surface area (Å²) in [6.45, 7) is 3.44. The lowest BCUT2D eigenvalue weighted by atomic mass is 9.74. The van der Waals surface area contributed by atoms with Crippen molar-refractivity contribution in [2.24, 2.45) is 11.3 Å². The van der Waals surface area contributed by atoms with Crippen LogP contribution in [0.5, 0.6) is 5.75 Å². The van der Waals surface area contributed by atoms with Gasteiger partial charge in [0, 0.05) is 25.6 Å². The van der Waals surface area contributed by atoms with Gasteiger partial charge in [0.25, 0.3) is 0 Å². The fourth-order valence-corrected chi connectivity index (χ4v) is 4.52. The Bertz CT molecular complexity index is 926. The predicted molar refractivity (Wildman–Crippen MR) is 104 cm³/mol. The summed E-state index contributed by atoms with van der Waals surface area (Å²) in [5.41, 5.74) is 0.0614. The normalized spacial score (nSPS) is 25.4. The van der Waals surface area contributed by atoms with Gasteiger partial charge in [-0.15, -0.1) is 0 Å². The standard InChI is InChI=1S/C22H25NO5/c1-14(15-3-4-17-10-19(27-2)6-5-16(17)9-15)20(24)23-11-18-12-28-8-7-22(18,13-23)21(25)26/h3-6,9-10,14,18H,7-8,11-13H2,1-2H3,(H,25,26)/t14?,18-,22+/m0/s1. The predicted octanol–water partition coefficient (Wildman–Crippen LogP) is 2.90. The first kappa shape index (κ1) is 18.7. The molecule has 2 aromatic rings. The van der Waals surface area contributed by atoms with Gasteiger partial charge in [0.2, 0.25) is 5.91 Å². The zero-order valence-electron chi connectivity index (χ0n) is 16.2. The summed E-state index contributed by atoms with van der Waals surface area (Å²) in [6.07, 6.45) is 0.461. The Hall–Kier alpha value is -2.60. The van der Waals surface area contributed by atoms with Gasteiger partial charge in [-0.1, -0.05) is 24.3 Å². The van der Waals surface area contributed by atoms with Crippen LogP contribution in [-0.2, 0) is 14.3 Å². The van der Waals surface area contributed by atoms with Gasteiger partial charge in [0.05, 0.1) is 25.0 Å². The number of aliphatic carboxylic acids is 1. The second kappa shape index (κ2) is 7.09. The van der Waals surface area contributed by atoms with E-state index in [0.717, 1.165) is 22.1 Å². The van der Waals surface area contributed by atoms with Crippen molar-refractivity contribution in [3.63, 3.8) is 0 Å². The van der Waals surface area contributed by atoms with Gasteiger partial charge in [0.1, 0.15) is 5.75 Å². The van der Waals surface area contributed by atoms with E-state index in [2.05, 4.69) is 0 Å². The number of methoxy groups -OCH3 is 1. The highest BCUT2D eigenvalue weighted by atomic mass is 16.5. The number of amides is 1. The molecule has 2 fully saturated rings. The van der Waals surface area contributed by atoms with Crippen LogP contribution >= 0.6 is 0 Å². The smallest absolute Gasteiger partial charge is 0.311 e. The largest absolute Gasteiger partial charge is 0.497 e. The molecule has 2 heterocycles. The molecule has 0 saturated carbocycles. The molecule has 6 nitrogen and oxygen atoms in total. The van der Waals surface area contributed by atoms with Gasteiger partial charge in [-0.2, -0.15) is 0 Å². The fourth-order valence-electron chi connectivity index (χ4n) is 4.52. The lowest BCUT2D eigenvalue weighted by Crippen LogP contribution is -2.45. The highest BCUT2D eigenvalue weighted by Crippen LogP contribution is 2.43. The number of ether oxygens (including phenoxy) is 2. The number of rotatable bonds is 4. The van der Waals surface area contributed by atoms with Gasteiger partial charge in [0.15, 0.2) is 0 Å². The minimum absolute atomic E-state index is 0.0251. The zero-order chi connectivity index (χ0) is 19.9. The molecule has 0 bridgehead atoms. The van der Waals surface area contributed by atoms with Crippen LogP contribution in [0.2, 0.25) is 0 Å². The summed E-state index contributed by atoms with van der Waals surface area (Å²) in [6, 6.07) is 11.8. The van der Waals surface area contributed by atoms with Crippen LogP contribution in [0.4, 0.5) is 0 Å². The van der Waals surface area contributed by atoms with E-state index in [0.29, 0.717) is 26.2 Å². The molecule has 0 spiro atoms. The number of fused-ring (bicyclic) bond motifs is 2. The number of nitrogens with zero attached hydrogens (tertiary/aromatic N) is 1. The van der Waals surface area contributed by atoms with Crippen molar-refractivity contribution in [1.29, 1.82) is 0 Å². The van der Waals surface area contributed by atoms with Crippen molar-refractivity contribution in [3.8, 4) is 5.75 Å². The van der Waals surface area contributed by atoms with E-state index in [1.165, 1.54) is 0 Å². The third-order valence-corrected chi connectivity index (χ3v) is 6.39. The minimum Gasteiger partial charge on any atom is -0.497 e. The van der Waals surface area contributed by atoms with Crippen LogP contribution in [0.25, 0.3) is 10.8 Å². The molecule has 6 heteroatoms. The molecule has 3 atom stereocenters. The Kier molecular flexibility index (Phi) is 4.75. The molecule has 2 aliphatic rings. The molecule has 1 unspecified atom stereocenters. The van der Waals surface area contributed by atoms with Crippen molar-refractivity contribution in [2.45, 2.75) is 19.3 Å². The topological polar surface area (TPSA) is 76.1 Å². The SMILES string of the molecule is COc1ccc2cc(C(C)C(=O)N3C[C@H]4COCC[C@@]4(C(=O)O)C3)ccc2c1. The number of carbonyl (C=O) groups excluding carboxylic acids is 1. The number of carbonyl (C=O) groups is 2. The number of carboxylic acid groups (broad SMARTS) is 1. The Morgan fingerprint density at radius 1 is 1.25 bits per heavy atom. The van der Waals surface area contributed by atoms with E-state index in [1.54, 1.807) is 12.0 Å². The number of hydrogen-bond donors (Lipinski definition) is 1. The molecular formula is C22H25NO5. The first-order chi connectivity index (χ1) is 13.4.